The van der Waals surface area contributed by atoms with Gasteiger partial charge in [0.05, 0.1) is 13.2 Å². The Morgan fingerprint density at radius 1 is 0.655 bits per heavy atom. The summed E-state index contributed by atoms with van der Waals surface area (Å²) in [6, 6.07) is 0. The maximum absolute atomic E-state index is 11.8. The van der Waals surface area contributed by atoms with Crippen LogP contribution in [-0.2, 0) is 19.1 Å². The molecule has 0 bridgehead atoms. The third-order valence-electron chi connectivity index (χ3n) is 5.15. The fourth-order valence-electron chi connectivity index (χ4n) is 3.51. The summed E-state index contributed by atoms with van der Waals surface area (Å²) in [5, 5.41) is 0. The minimum atomic E-state index is -0.211. The van der Waals surface area contributed by atoms with Crippen LogP contribution in [0.3, 0.4) is 0 Å². The minimum absolute atomic E-state index is 0.0327. The number of rotatable bonds is 20. The lowest BCUT2D eigenvalue weighted by molar-refractivity contribution is -0.147. The summed E-state index contributed by atoms with van der Waals surface area (Å²) in [5.74, 6) is -0.389. The van der Waals surface area contributed by atoms with Crippen LogP contribution in [0.25, 0.3) is 0 Å². The van der Waals surface area contributed by atoms with Gasteiger partial charge < -0.3 is 9.47 Å². The van der Waals surface area contributed by atoms with E-state index in [4.69, 9.17) is 9.47 Å². The highest BCUT2D eigenvalue weighted by molar-refractivity contribution is 5.73. The molecule has 0 amide bonds. The Labute approximate surface area is 179 Å². The molecule has 0 unspecified atom stereocenters. The summed E-state index contributed by atoms with van der Waals surface area (Å²) < 4.78 is 10.1. The van der Waals surface area contributed by atoms with Crippen LogP contribution in [-0.4, -0.2) is 25.2 Å². The number of allylic oxidation sites excluding steroid dienone is 2. The van der Waals surface area contributed by atoms with Gasteiger partial charge in [-0.2, -0.15) is 0 Å². The Balaban J connectivity index is 3.78. The summed E-state index contributed by atoms with van der Waals surface area (Å²) in [6.07, 6.45) is 21.3. The number of ether oxygens (including phenoxy) is 2. The third kappa shape index (κ3) is 19.8. The number of unbranched alkanes of at least 4 members (excludes halogenated alkanes) is 10. The van der Waals surface area contributed by atoms with Crippen molar-refractivity contribution < 1.29 is 19.1 Å². The maximum atomic E-state index is 11.8. The van der Waals surface area contributed by atoms with Gasteiger partial charge in [-0.1, -0.05) is 70.4 Å². The second kappa shape index (κ2) is 21.4. The van der Waals surface area contributed by atoms with Gasteiger partial charge in [0, 0.05) is 12.8 Å². The molecule has 0 aromatic heterocycles. The molecular formula is C25H46O4. The highest BCUT2D eigenvalue weighted by atomic mass is 16.5. The van der Waals surface area contributed by atoms with Crippen LogP contribution >= 0.6 is 0 Å². The molecule has 0 aliphatic heterocycles. The molecule has 0 aliphatic rings. The fraction of sp³-hybridized carbons (Fsp3) is 0.840. The normalized spacial score (nSPS) is 11.3. The molecule has 0 N–H and O–H groups in total. The average molecular weight is 411 g/mol. The minimum Gasteiger partial charge on any atom is -0.466 e. The Hall–Kier alpha value is -1.32. The molecule has 4 heteroatoms. The van der Waals surface area contributed by atoms with Crippen LogP contribution in [0.4, 0.5) is 0 Å². The number of carbonyl (C=O) groups excluding carboxylic acids is 2. The SMILES string of the molecule is CCCCCCCCC=CCCCCCCC(CC(=O)OCC)CC(=O)OCC. The summed E-state index contributed by atoms with van der Waals surface area (Å²) in [7, 11) is 0. The number of hydrogen-bond acceptors (Lipinski definition) is 4. The number of carbonyl (C=O) groups is 2. The molecule has 0 fully saturated rings. The van der Waals surface area contributed by atoms with Gasteiger partial charge in [-0.15, -0.1) is 0 Å². The second-order valence-corrected chi connectivity index (χ2v) is 7.90. The fourth-order valence-corrected chi connectivity index (χ4v) is 3.51. The van der Waals surface area contributed by atoms with Crippen molar-refractivity contribution in [2.75, 3.05) is 13.2 Å². The van der Waals surface area contributed by atoms with Crippen molar-refractivity contribution in [1.82, 2.24) is 0 Å². The van der Waals surface area contributed by atoms with Gasteiger partial charge in [-0.25, -0.2) is 0 Å². The zero-order valence-electron chi connectivity index (χ0n) is 19.4. The predicted octanol–water partition coefficient (Wildman–Crippen LogP) is 7.16. The highest BCUT2D eigenvalue weighted by Crippen LogP contribution is 2.20. The molecule has 0 spiro atoms. The Morgan fingerprint density at radius 2 is 1.10 bits per heavy atom. The van der Waals surface area contributed by atoms with Crippen LogP contribution in [0.5, 0.6) is 0 Å². The van der Waals surface area contributed by atoms with E-state index in [2.05, 4.69) is 19.1 Å². The molecule has 0 saturated carbocycles. The molecule has 0 saturated heterocycles. The van der Waals surface area contributed by atoms with E-state index < -0.39 is 0 Å². The van der Waals surface area contributed by atoms with Gasteiger partial charge in [-0.05, 0) is 51.9 Å². The average Bonchev–Trinajstić information content (AvgIpc) is 2.68. The van der Waals surface area contributed by atoms with Crippen LogP contribution in [0.2, 0.25) is 0 Å². The van der Waals surface area contributed by atoms with Gasteiger partial charge in [-0.3, -0.25) is 9.59 Å². The first kappa shape index (κ1) is 27.7. The summed E-state index contributed by atoms with van der Waals surface area (Å²) in [6.45, 7) is 6.64. The predicted molar refractivity (Wildman–Crippen MR) is 121 cm³/mol. The highest BCUT2D eigenvalue weighted by Gasteiger charge is 2.18. The van der Waals surface area contributed by atoms with E-state index in [1.165, 1.54) is 57.8 Å². The molecule has 0 aromatic carbocycles. The third-order valence-corrected chi connectivity index (χ3v) is 5.15. The van der Waals surface area contributed by atoms with Crippen molar-refractivity contribution in [3.63, 3.8) is 0 Å². The zero-order valence-corrected chi connectivity index (χ0v) is 19.4. The topological polar surface area (TPSA) is 52.6 Å². The van der Waals surface area contributed by atoms with Crippen LogP contribution in [0.1, 0.15) is 117 Å². The lowest BCUT2D eigenvalue weighted by Crippen LogP contribution is -2.17. The van der Waals surface area contributed by atoms with Crippen molar-refractivity contribution in [2.24, 2.45) is 5.92 Å². The molecule has 170 valence electrons. The molecule has 0 atom stereocenters. The Bertz CT molecular complexity index is 397. The molecule has 0 radical (unpaired) electrons. The van der Waals surface area contributed by atoms with E-state index in [-0.39, 0.29) is 17.9 Å². The van der Waals surface area contributed by atoms with Crippen molar-refractivity contribution in [3.05, 3.63) is 12.2 Å². The Morgan fingerprint density at radius 3 is 1.59 bits per heavy atom. The standard InChI is InChI=1S/C25H46O4/c1-4-7-8-9-10-11-12-13-14-15-16-17-18-19-20-23(21-24(26)28-5-2)22-25(27)29-6-3/h13-14,23H,4-12,15-22H2,1-3H3. The van der Waals surface area contributed by atoms with E-state index in [1.807, 2.05) is 0 Å². The van der Waals surface area contributed by atoms with E-state index in [1.54, 1.807) is 13.8 Å². The molecule has 0 heterocycles. The summed E-state index contributed by atoms with van der Waals surface area (Å²) in [5.41, 5.74) is 0. The van der Waals surface area contributed by atoms with Gasteiger partial charge in [0.15, 0.2) is 0 Å². The van der Waals surface area contributed by atoms with E-state index in [0.717, 1.165) is 25.7 Å². The van der Waals surface area contributed by atoms with Gasteiger partial charge in [0.25, 0.3) is 0 Å². The van der Waals surface area contributed by atoms with Gasteiger partial charge >= 0.3 is 11.9 Å². The molecule has 4 nitrogen and oxygen atoms in total. The van der Waals surface area contributed by atoms with Gasteiger partial charge in [0.2, 0.25) is 0 Å². The Kier molecular flexibility index (Phi) is 20.4. The first-order valence-electron chi connectivity index (χ1n) is 12.1. The molecule has 0 rings (SSSR count). The summed E-state index contributed by atoms with van der Waals surface area (Å²) in [4.78, 5) is 23.5. The lowest BCUT2D eigenvalue weighted by Gasteiger charge is -2.15. The van der Waals surface area contributed by atoms with Crippen molar-refractivity contribution in [1.29, 1.82) is 0 Å². The largest absolute Gasteiger partial charge is 0.466 e. The molecular weight excluding hydrogens is 364 g/mol. The van der Waals surface area contributed by atoms with E-state index >= 15 is 0 Å². The first-order chi connectivity index (χ1) is 14.1. The zero-order chi connectivity index (χ0) is 21.6. The van der Waals surface area contributed by atoms with Crippen LogP contribution < -0.4 is 0 Å². The van der Waals surface area contributed by atoms with Crippen molar-refractivity contribution >= 4 is 11.9 Å². The lowest BCUT2D eigenvalue weighted by atomic mass is 9.94. The van der Waals surface area contributed by atoms with Crippen molar-refractivity contribution in [3.8, 4) is 0 Å². The quantitative estimate of drug-likeness (QED) is 0.121. The van der Waals surface area contributed by atoms with Crippen LogP contribution in [0, 0.1) is 5.92 Å². The number of esters is 2. The van der Waals surface area contributed by atoms with Crippen LogP contribution in [0.15, 0.2) is 12.2 Å². The van der Waals surface area contributed by atoms with Gasteiger partial charge in [0.1, 0.15) is 0 Å². The second-order valence-electron chi connectivity index (χ2n) is 7.90. The summed E-state index contributed by atoms with van der Waals surface area (Å²) >= 11 is 0. The van der Waals surface area contributed by atoms with E-state index in [9.17, 15) is 9.59 Å². The molecule has 0 aliphatic carbocycles. The first-order valence-corrected chi connectivity index (χ1v) is 12.1. The van der Waals surface area contributed by atoms with E-state index in [0.29, 0.717) is 26.1 Å². The molecule has 29 heavy (non-hydrogen) atoms. The smallest absolute Gasteiger partial charge is 0.306 e. The number of hydrogen-bond donors (Lipinski definition) is 0. The molecule has 0 aromatic rings. The maximum Gasteiger partial charge on any atom is 0.306 e. The van der Waals surface area contributed by atoms with Crippen molar-refractivity contribution in [2.45, 2.75) is 117 Å². The monoisotopic (exact) mass is 410 g/mol.